The van der Waals surface area contributed by atoms with Crippen LogP contribution in [0.4, 0.5) is 0 Å². The van der Waals surface area contributed by atoms with E-state index in [1.54, 1.807) is 16.7 Å². The lowest BCUT2D eigenvalue weighted by molar-refractivity contribution is -0.129. The molecule has 0 aliphatic carbocycles. The van der Waals surface area contributed by atoms with Crippen LogP contribution in [0.3, 0.4) is 0 Å². The molecule has 1 aromatic heterocycles. The van der Waals surface area contributed by atoms with E-state index in [0.717, 1.165) is 15.0 Å². The number of amides is 1. The van der Waals surface area contributed by atoms with Crippen molar-refractivity contribution in [1.82, 2.24) is 4.90 Å². The van der Waals surface area contributed by atoms with E-state index in [9.17, 15) is 4.79 Å². The molecule has 0 spiro atoms. The molecule has 106 valence electrons. The van der Waals surface area contributed by atoms with Gasteiger partial charge in [-0.1, -0.05) is 29.8 Å². The van der Waals surface area contributed by atoms with Crippen LogP contribution < -0.4 is 0 Å². The maximum absolute atomic E-state index is 12.0. The Hall–Kier alpha value is -0.970. The van der Waals surface area contributed by atoms with E-state index in [2.05, 4.69) is 12.1 Å². The highest BCUT2D eigenvalue weighted by molar-refractivity contribution is 7.99. The number of hydrogen-bond donors (Lipinski definition) is 0. The number of thioether (sulfide) groups is 1. The van der Waals surface area contributed by atoms with Crippen molar-refractivity contribution in [3.05, 3.63) is 51.7 Å². The Morgan fingerprint density at radius 1 is 1.25 bits per heavy atom. The van der Waals surface area contributed by atoms with Gasteiger partial charge in [-0.2, -0.15) is 0 Å². The van der Waals surface area contributed by atoms with E-state index in [-0.39, 0.29) is 5.91 Å². The monoisotopic (exact) mass is 325 g/mol. The lowest BCUT2D eigenvalue weighted by Gasteiger charge is -2.16. The fraction of sp³-hybridized carbons (Fsp3) is 0.267. The minimum Gasteiger partial charge on any atom is -0.341 e. The van der Waals surface area contributed by atoms with Crippen LogP contribution in [0.15, 0.2) is 47.4 Å². The summed E-state index contributed by atoms with van der Waals surface area (Å²) in [5.74, 6) is 0.969. The van der Waals surface area contributed by atoms with Crippen molar-refractivity contribution in [2.75, 3.05) is 12.8 Å². The van der Waals surface area contributed by atoms with Crippen molar-refractivity contribution in [2.24, 2.45) is 0 Å². The maximum atomic E-state index is 12.0. The standard InChI is InChI=1S/C15H16ClNOS2/c1-17(11-13-7-8-14(16)20-13)15(18)9-10-19-12-5-3-2-4-6-12/h2-8H,9-11H2,1H3. The second-order valence-corrected chi connectivity index (χ2v) is 7.34. The molecular weight excluding hydrogens is 310 g/mol. The third-order valence-electron chi connectivity index (χ3n) is 2.78. The molecule has 1 amide bonds. The van der Waals surface area contributed by atoms with E-state index < -0.39 is 0 Å². The number of halogens is 1. The SMILES string of the molecule is CN(Cc1ccc(Cl)s1)C(=O)CCSc1ccccc1. The van der Waals surface area contributed by atoms with Crippen molar-refractivity contribution in [3.63, 3.8) is 0 Å². The molecule has 0 fully saturated rings. The van der Waals surface area contributed by atoms with Gasteiger partial charge in [0, 0.05) is 29.0 Å². The first kappa shape index (κ1) is 15.4. The first-order valence-electron chi connectivity index (χ1n) is 6.31. The molecule has 0 radical (unpaired) electrons. The Morgan fingerprint density at radius 2 is 2.00 bits per heavy atom. The molecular formula is C15H16ClNOS2. The molecule has 1 heterocycles. The summed E-state index contributed by atoms with van der Waals surface area (Å²) in [6, 6.07) is 14.0. The van der Waals surface area contributed by atoms with Crippen LogP contribution in [-0.4, -0.2) is 23.6 Å². The highest BCUT2D eigenvalue weighted by Crippen LogP contribution is 2.23. The molecule has 0 N–H and O–H groups in total. The third-order valence-corrected chi connectivity index (χ3v) is 5.01. The Kier molecular flexibility index (Phi) is 5.95. The van der Waals surface area contributed by atoms with Gasteiger partial charge in [-0.05, 0) is 24.3 Å². The maximum Gasteiger partial charge on any atom is 0.223 e. The van der Waals surface area contributed by atoms with Crippen LogP contribution in [0.5, 0.6) is 0 Å². The normalized spacial score (nSPS) is 10.5. The van der Waals surface area contributed by atoms with Crippen LogP contribution in [0.1, 0.15) is 11.3 Å². The van der Waals surface area contributed by atoms with Gasteiger partial charge in [-0.3, -0.25) is 4.79 Å². The zero-order valence-corrected chi connectivity index (χ0v) is 13.6. The Labute approximate surface area is 132 Å². The molecule has 0 aliphatic heterocycles. The molecule has 0 aliphatic rings. The number of benzene rings is 1. The molecule has 2 nitrogen and oxygen atoms in total. The van der Waals surface area contributed by atoms with Crippen molar-refractivity contribution < 1.29 is 4.79 Å². The van der Waals surface area contributed by atoms with Gasteiger partial charge in [0.1, 0.15) is 0 Å². The summed E-state index contributed by atoms with van der Waals surface area (Å²) in [5, 5.41) is 0. The minimum absolute atomic E-state index is 0.165. The molecule has 0 unspecified atom stereocenters. The van der Waals surface area contributed by atoms with Crippen LogP contribution in [-0.2, 0) is 11.3 Å². The Balaban J connectivity index is 1.74. The van der Waals surface area contributed by atoms with Gasteiger partial charge in [0.15, 0.2) is 0 Å². The molecule has 2 rings (SSSR count). The summed E-state index contributed by atoms with van der Waals surface area (Å²) in [6.07, 6.45) is 0.551. The first-order valence-corrected chi connectivity index (χ1v) is 8.49. The van der Waals surface area contributed by atoms with Crippen molar-refractivity contribution in [2.45, 2.75) is 17.9 Å². The van der Waals surface area contributed by atoms with Crippen LogP contribution in [0.2, 0.25) is 4.34 Å². The molecule has 0 saturated heterocycles. The van der Waals surface area contributed by atoms with Crippen molar-refractivity contribution in [1.29, 1.82) is 0 Å². The van der Waals surface area contributed by atoms with E-state index in [1.807, 2.05) is 37.4 Å². The number of hydrogen-bond acceptors (Lipinski definition) is 3. The molecule has 2 aromatic rings. The lowest BCUT2D eigenvalue weighted by atomic mass is 10.4. The van der Waals surface area contributed by atoms with Gasteiger partial charge in [-0.25, -0.2) is 0 Å². The minimum atomic E-state index is 0.165. The molecule has 0 bridgehead atoms. The predicted octanol–water partition coefficient (Wildman–Crippen LogP) is 4.54. The summed E-state index contributed by atoms with van der Waals surface area (Å²) in [7, 11) is 1.84. The number of carbonyl (C=O) groups is 1. The van der Waals surface area contributed by atoms with Crippen LogP contribution >= 0.6 is 34.7 Å². The van der Waals surface area contributed by atoms with Gasteiger partial charge in [-0.15, -0.1) is 23.1 Å². The number of thiophene rings is 1. The largest absolute Gasteiger partial charge is 0.341 e. The quantitative estimate of drug-likeness (QED) is 0.727. The van der Waals surface area contributed by atoms with Gasteiger partial charge in [0.05, 0.1) is 10.9 Å². The van der Waals surface area contributed by atoms with Crippen LogP contribution in [0, 0.1) is 0 Å². The fourth-order valence-electron chi connectivity index (χ4n) is 1.72. The Morgan fingerprint density at radius 3 is 2.65 bits per heavy atom. The summed E-state index contributed by atoms with van der Waals surface area (Å²) in [6.45, 7) is 0.631. The average Bonchev–Trinajstić information content (AvgIpc) is 2.85. The van der Waals surface area contributed by atoms with Gasteiger partial charge in [0.2, 0.25) is 5.91 Å². The van der Waals surface area contributed by atoms with E-state index in [1.165, 1.54) is 16.2 Å². The predicted molar refractivity (Wildman–Crippen MR) is 87.6 cm³/mol. The number of nitrogens with zero attached hydrogens (tertiary/aromatic N) is 1. The molecule has 20 heavy (non-hydrogen) atoms. The fourth-order valence-corrected chi connectivity index (χ4v) is 3.73. The molecule has 0 atom stereocenters. The second-order valence-electron chi connectivity index (χ2n) is 4.37. The summed E-state index contributed by atoms with van der Waals surface area (Å²) < 4.78 is 0.764. The molecule has 0 saturated carbocycles. The topological polar surface area (TPSA) is 20.3 Å². The van der Waals surface area contributed by atoms with Crippen molar-refractivity contribution >= 4 is 40.6 Å². The highest BCUT2D eigenvalue weighted by Gasteiger charge is 2.10. The third kappa shape index (κ3) is 4.85. The van der Waals surface area contributed by atoms with Gasteiger partial charge < -0.3 is 4.90 Å². The summed E-state index contributed by atoms with van der Waals surface area (Å²) >= 11 is 9.12. The average molecular weight is 326 g/mol. The van der Waals surface area contributed by atoms with Crippen molar-refractivity contribution in [3.8, 4) is 0 Å². The highest BCUT2D eigenvalue weighted by atomic mass is 35.5. The van der Waals surface area contributed by atoms with E-state index in [0.29, 0.717) is 13.0 Å². The van der Waals surface area contributed by atoms with E-state index >= 15 is 0 Å². The lowest BCUT2D eigenvalue weighted by Crippen LogP contribution is -2.25. The summed E-state index contributed by atoms with van der Waals surface area (Å²) in [5.41, 5.74) is 0. The molecule has 1 aromatic carbocycles. The second kappa shape index (κ2) is 7.72. The Bertz CT molecular complexity index is 556. The summed E-state index contributed by atoms with van der Waals surface area (Å²) in [4.78, 5) is 16.1. The number of rotatable bonds is 6. The van der Waals surface area contributed by atoms with Crippen LogP contribution in [0.25, 0.3) is 0 Å². The number of carbonyl (C=O) groups excluding carboxylic acids is 1. The molecule has 5 heteroatoms. The first-order chi connectivity index (χ1) is 9.65. The van der Waals surface area contributed by atoms with Gasteiger partial charge >= 0.3 is 0 Å². The van der Waals surface area contributed by atoms with E-state index in [4.69, 9.17) is 11.6 Å². The van der Waals surface area contributed by atoms with Gasteiger partial charge in [0.25, 0.3) is 0 Å². The zero-order valence-electron chi connectivity index (χ0n) is 11.2. The zero-order chi connectivity index (χ0) is 14.4. The smallest absolute Gasteiger partial charge is 0.223 e.